The van der Waals surface area contributed by atoms with Crippen LogP contribution in [0.4, 0.5) is 0 Å². The molecule has 1 aliphatic rings. The smallest absolute Gasteiger partial charge is 0.243 e. The summed E-state index contributed by atoms with van der Waals surface area (Å²) >= 11 is 1.52. The van der Waals surface area contributed by atoms with Crippen molar-refractivity contribution in [3.8, 4) is 0 Å². The number of carbonyl (C=O) groups is 1. The number of fused-ring (bicyclic) bond motifs is 1. The Hall–Kier alpha value is -0.770. The van der Waals surface area contributed by atoms with E-state index in [0.717, 1.165) is 10.9 Å². The van der Waals surface area contributed by atoms with Gasteiger partial charge >= 0.3 is 0 Å². The van der Waals surface area contributed by atoms with E-state index in [1.165, 1.54) is 11.8 Å². The maximum absolute atomic E-state index is 11.3. The first-order chi connectivity index (χ1) is 5.98. The molecule has 0 aliphatic carbocycles. The van der Waals surface area contributed by atoms with Crippen LogP contribution in [0.25, 0.3) is 0 Å². The fourth-order valence-corrected chi connectivity index (χ4v) is 2.05. The maximum Gasteiger partial charge on any atom is 0.243 e. The van der Waals surface area contributed by atoms with Crippen LogP contribution >= 0.6 is 11.8 Å². The van der Waals surface area contributed by atoms with Crippen molar-refractivity contribution in [3.63, 3.8) is 0 Å². The molecule has 0 unspecified atom stereocenters. The summed E-state index contributed by atoms with van der Waals surface area (Å²) in [7, 11) is 0. The van der Waals surface area contributed by atoms with Crippen LogP contribution < -0.4 is 0 Å². The zero-order chi connectivity index (χ0) is 9.64. The van der Waals surface area contributed by atoms with Crippen molar-refractivity contribution in [1.82, 2.24) is 9.55 Å². The molecule has 0 saturated heterocycles. The average molecular weight is 196 g/mol. The normalized spacial score (nSPS) is 16.4. The second-order valence-corrected chi connectivity index (χ2v) is 5.15. The number of imidazole rings is 1. The molecule has 0 atom stereocenters. The third-order valence-electron chi connectivity index (χ3n) is 2.04. The summed E-state index contributed by atoms with van der Waals surface area (Å²) in [6.07, 6.45) is 1.86. The predicted molar refractivity (Wildman–Crippen MR) is 52.3 cm³/mol. The first-order valence-corrected chi connectivity index (χ1v) is 5.23. The van der Waals surface area contributed by atoms with Gasteiger partial charge in [0.05, 0.1) is 11.4 Å². The van der Waals surface area contributed by atoms with Gasteiger partial charge in [0.15, 0.2) is 5.16 Å². The van der Waals surface area contributed by atoms with Gasteiger partial charge in [-0.1, -0.05) is 32.5 Å². The molecule has 2 rings (SSSR count). The monoisotopic (exact) mass is 196 g/mol. The molecular formula is C9H12N2OS. The zero-order valence-corrected chi connectivity index (χ0v) is 8.81. The minimum Gasteiger partial charge on any atom is -0.273 e. The highest BCUT2D eigenvalue weighted by Crippen LogP contribution is 2.29. The summed E-state index contributed by atoms with van der Waals surface area (Å²) in [5.41, 5.74) is 1.01. The Balaban J connectivity index is 2.45. The molecule has 0 saturated carbocycles. The van der Waals surface area contributed by atoms with Crippen LogP contribution in [0.5, 0.6) is 0 Å². The molecule has 1 aromatic heterocycles. The second-order valence-electron chi connectivity index (χ2n) is 4.21. The molecule has 0 N–H and O–H groups in total. The maximum atomic E-state index is 11.3. The summed E-state index contributed by atoms with van der Waals surface area (Å²) in [5.74, 6) is 0.676. The molecule has 1 aliphatic heterocycles. The third kappa shape index (κ3) is 1.39. The van der Waals surface area contributed by atoms with Crippen molar-refractivity contribution >= 4 is 17.7 Å². The van der Waals surface area contributed by atoms with Crippen molar-refractivity contribution in [2.75, 3.05) is 5.75 Å². The summed E-state index contributed by atoms with van der Waals surface area (Å²) < 4.78 is 1.66. The van der Waals surface area contributed by atoms with Crippen LogP contribution in [-0.4, -0.2) is 21.2 Å². The van der Waals surface area contributed by atoms with Gasteiger partial charge in [-0.15, -0.1) is 0 Å². The minimum atomic E-state index is 0.0260. The summed E-state index contributed by atoms with van der Waals surface area (Å²) in [5, 5.41) is 0.843. The van der Waals surface area contributed by atoms with Gasteiger partial charge in [0.25, 0.3) is 0 Å². The number of nitrogens with zero attached hydrogens (tertiary/aromatic N) is 2. The molecule has 0 radical (unpaired) electrons. The molecule has 0 bridgehead atoms. The highest BCUT2D eigenvalue weighted by atomic mass is 32.2. The lowest BCUT2D eigenvalue weighted by Gasteiger charge is -2.14. The van der Waals surface area contributed by atoms with Crippen LogP contribution in [0, 0.1) is 0 Å². The van der Waals surface area contributed by atoms with E-state index < -0.39 is 0 Å². The first kappa shape index (κ1) is 8.81. The van der Waals surface area contributed by atoms with Crippen molar-refractivity contribution in [3.05, 3.63) is 11.9 Å². The van der Waals surface area contributed by atoms with E-state index in [-0.39, 0.29) is 11.3 Å². The van der Waals surface area contributed by atoms with Gasteiger partial charge < -0.3 is 0 Å². The van der Waals surface area contributed by atoms with Crippen LogP contribution in [0.3, 0.4) is 0 Å². The predicted octanol–water partition coefficient (Wildman–Crippen LogP) is 1.93. The summed E-state index contributed by atoms with van der Waals surface area (Å²) in [4.78, 5) is 15.7. The van der Waals surface area contributed by atoms with Crippen molar-refractivity contribution in [2.45, 2.75) is 31.3 Å². The Kier molecular flexibility index (Phi) is 1.77. The molecule has 0 fully saturated rings. The average Bonchev–Trinajstić information content (AvgIpc) is 2.51. The number of thioether (sulfide) groups is 1. The van der Waals surface area contributed by atoms with E-state index >= 15 is 0 Å². The van der Waals surface area contributed by atoms with Gasteiger partial charge in [-0.25, -0.2) is 4.98 Å². The van der Waals surface area contributed by atoms with Crippen LogP contribution in [0.15, 0.2) is 11.4 Å². The molecule has 2 heterocycles. The van der Waals surface area contributed by atoms with Crippen LogP contribution in [0.2, 0.25) is 0 Å². The fraction of sp³-hybridized carbons (Fsp3) is 0.556. The molecule has 1 aromatic rings. The first-order valence-electron chi connectivity index (χ1n) is 4.24. The molecule has 4 heteroatoms. The molecule has 0 spiro atoms. The fourth-order valence-electron chi connectivity index (χ4n) is 1.20. The van der Waals surface area contributed by atoms with E-state index in [9.17, 15) is 4.79 Å². The molecular weight excluding hydrogens is 184 g/mol. The van der Waals surface area contributed by atoms with Gasteiger partial charge in [-0.3, -0.25) is 9.36 Å². The summed E-state index contributed by atoms with van der Waals surface area (Å²) in [6.45, 7) is 6.29. The largest absolute Gasteiger partial charge is 0.273 e. The Labute approximate surface area is 81.5 Å². The molecule has 13 heavy (non-hydrogen) atoms. The van der Waals surface area contributed by atoms with E-state index in [1.807, 2.05) is 6.20 Å². The SMILES string of the molecule is CC(C)(C)c1cn2c(n1)SCC2=O. The topological polar surface area (TPSA) is 34.9 Å². The van der Waals surface area contributed by atoms with Gasteiger partial charge in [0, 0.05) is 11.6 Å². The molecule has 3 nitrogen and oxygen atoms in total. The number of hydrogen-bond acceptors (Lipinski definition) is 3. The van der Waals surface area contributed by atoms with E-state index in [1.54, 1.807) is 4.57 Å². The van der Waals surface area contributed by atoms with Gasteiger partial charge in [-0.05, 0) is 0 Å². The van der Waals surface area contributed by atoms with Crippen molar-refractivity contribution in [2.24, 2.45) is 0 Å². The quantitative estimate of drug-likeness (QED) is 0.636. The van der Waals surface area contributed by atoms with E-state index in [0.29, 0.717) is 5.75 Å². The van der Waals surface area contributed by atoms with Crippen molar-refractivity contribution < 1.29 is 4.79 Å². The Bertz CT molecular complexity index is 362. The van der Waals surface area contributed by atoms with Crippen LogP contribution in [-0.2, 0) is 5.41 Å². The number of rotatable bonds is 0. The van der Waals surface area contributed by atoms with Crippen LogP contribution in [0.1, 0.15) is 31.3 Å². The number of aromatic nitrogens is 2. The molecule has 0 amide bonds. The van der Waals surface area contributed by atoms with Crippen molar-refractivity contribution in [1.29, 1.82) is 0 Å². The molecule has 0 aromatic carbocycles. The zero-order valence-electron chi connectivity index (χ0n) is 8.00. The minimum absolute atomic E-state index is 0.0260. The van der Waals surface area contributed by atoms with Gasteiger partial charge in [0.2, 0.25) is 5.91 Å². The lowest BCUT2D eigenvalue weighted by Crippen LogP contribution is -2.12. The van der Waals surface area contributed by atoms with E-state index in [2.05, 4.69) is 25.8 Å². The summed E-state index contributed by atoms with van der Waals surface area (Å²) in [6, 6.07) is 0. The van der Waals surface area contributed by atoms with E-state index in [4.69, 9.17) is 0 Å². The van der Waals surface area contributed by atoms with Gasteiger partial charge in [0.1, 0.15) is 0 Å². The highest BCUT2D eigenvalue weighted by Gasteiger charge is 2.26. The Morgan fingerprint density at radius 3 is 2.77 bits per heavy atom. The molecule has 70 valence electrons. The number of carbonyl (C=O) groups excluding carboxylic acids is 1. The third-order valence-corrected chi connectivity index (χ3v) is 2.97. The number of hydrogen-bond donors (Lipinski definition) is 0. The lowest BCUT2D eigenvalue weighted by molar-refractivity contribution is 0.0939. The Morgan fingerprint density at radius 1 is 1.54 bits per heavy atom. The highest BCUT2D eigenvalue weighted by molar-refractivity contribution is 8.00. The standard InChI is InChI=1S/C9H12N2OS/c1-9(2,3)6-4-11-7(12)5-13-8(11)10-6/h4H,5H2,1-3H3. The van der Waals surface area contributed by atoms with Gasteiger partial charge in [-0.2, -0.15) is 0 Å². The Morgan fingerprint density at radius 2 is 2.23 bits per heavy atom. The lowest BCUT2D eigenvalue weighted by atomic mass is 9.93. The second kappa shape index (κ2) is 2.61.